The molecule has 0 aliphatic rings. The Morgan fingerprint density at radius 2 is 2.00 bits per heavy atom. The summed E-state index contributed by atoms with van der Waals surface area (Å²) in [7, 11) is 0. The van der Waals surface area contributed by atoms with Gasteiger partial charge in [0, 0.05) is 6.42 Å². The minimum absolute atomic E-state index is 0.178. The number of ketones is 1. The fourth-order valence-electron chi connectivity index (χ4n) is 1.23. The topological polar surface area (TPSA) is 26.3 Å². The Bertz CT molecular complexity index is 336. The van der Waals surface area contributed by atoms with Crippen LogP contribution in [0.25, 0.3) is 0 Å². The zero-order chi connectivity index (χ0) is 11.1. The fraction of sp³-hybridized carbons (Fsp3) is 0.308. The second-order valence-electron chi connectivity index (χ2n) is 3.40. The van der Waals surface area contributed by atoms with E-state index >= 15 is 0 Å². The molecular formula is C13H16O2. The van der Waals surface area contributed by atoms with E-state index in [1.807, 2.05) is 43.3 Å². The van der Waals surface area contributed by atoms with E-state index < -0.39 is 0 Å². The third kappa shape index (κ3) is 4.45. The molecule has 1 aromatic carbocycles. The van der Waals surface area contributed by atoms with Gasteiger partial charge in [-0.05, 0) is 31.5 Å². The molecule has 2 heteroatoms. The van der Waals surface area contributed by atoms with Gasteiger partial charge in [-0.3, -0.25) is 4.79 Å². The minimum atomic E-state index is 0.178. The van der Waals surface area contributed by atoms with Crippen LogP contribution in [0.4, 0.5) is 0 Å². The highest BCUT2D eigenvalue weighted by Gasteiger charge is 1.97. The van der Waals surface area contributed by atoms with Gasteiger partial charge in [0.05, 0.1) is 0 Å². The molecule has 0 amide bonds. The van der Waals surface area contributed by atoms with Crippen LogP contribution in [0, 0.1) is 0 Å². The molecule has 0 fully saturated rings. The number of hydrogen-bond donors (Lipinski definition) is 0. The highest BCUT2D eigenvalue weighted by atomic mass is 16.5. The average Bonchev–Trinajstić information content (AvgIpc) is 2.20. The average molecular weight is 204 g/mol. The van der Waals surface area contributed by atoms with Crippen LogP contribution >= 0.6 is 0 Å². The van der Waals surface area contributed by atoms with Crippen LogP contribution in [0.5, 0.6) is 5.75 Å². The van der Waals surface area contributed by atoms with Crippen molar-refractivity contribution >= 4 is 5.78 Å². The van der Waals surface area contributed by atoms with E-state index in [9.17, 15) is 4.79 Å². The molecule has 15 heavy (non-hydrogen) atoms. The van der Waals surface area contributed by atoms with Gasteiger partial charge in [-0.15, -0.1) is 0 Å². The Labute approximate surface area is 90.6 Å². The summed E-state index contributed by atoms with van der Waals surface area (Å²) in [5.41, 5.74) is 1.03. The quantitative estimate of drug-likeness (QED) is 0.689. The monoisotopic (exact) mass is 204 g/mol. The number of ether oxygens (including phenoxy) is 1. The highest BCUT2D eigenvalue weighted by molar-refractivity contribution is 5.78. The maximum absolute atomic E-state index is 10.9. The number of hydrogen-bond acceptors (Lipinski definition) is 2. The summed E-state index contributed by atoms with van der Waals surface area (Å²) >= 11 is 0. The van der Waals surface area contributed by atoms with Crippen molar-refractivity contribution in [3.8, 4) is 5.75 Å². The lowest BCUT2D eigenvalue weighted by molar-refractivity contribution is -0.116. The van der Waals surface area contributed by atoms with Gasteiger partial charge in [0.25, 0.3) is 0 Å². The Morgan fingerprint density at radius 1 is 1.33 bits per heavy atom. The maximum atomic E-state index is 10.9. The van der Waals surface area contributed by atoms with Gasteiger partial charge in [-0.1, -0.05) is 24.3 Å². The molecule has 0 aliphatic heterocycles. The van der Waals surface area contributed by atoms with E-state index in [0.29, 0.717) is 13.0 Å². The van der Waals surface area contributed by atoms with Crippen LogP contribution in [0.1, 0.15) is 19.4 Å². The molecule has 0 unspecified atom stereocenters. The lowest BCUT2D eigenvalue weighted by Crippen LogP contribution is -1.97. The van der Waals surface area contributed by atoms with Crippen molar-refractivity contribution in [3.63, 3.8) is 0 Å². The van der Waals surface area contributed by atoms with E-state index in [1.54, 1.807) is 6.92 Å². The van der Waals surface area contributed by atoms with E-state index in [-0.39, 0.29) is 5.78 Å². The molecule has 0 aromatic heterocycles. The predicted molar refractivity (Wildman–Crippen MR) is 61.1 cm³/mol. The number of Topliss-reactive ketones (excluding diaryl/α,β-unsaturated/α-hetero) is 1. The van der Waals surface area contributed by atoms with E-state index in [0.717, 1.165) is 11.3 Å². The fourth-order valence-corrected chi connectivity index (χ4v) is 1.23. The smallest absolute Gasteiger partial charge is 0.134 e. The van der Waals surface area contributed by atoms with Crippen LogP contribution in [0.3, 0.4) is 0 Å². The van der Waals surface area contributed by atoms with Crippen molar-refractivity contribution in [1.29, 1.82) is 0 Å². The van der Waals surface area contributed by atoms with Crippen LogP contribution in [0.15, 0.2) is 36.4 Å². The zero-order valence-corrected chi connectivity index (χ0v) is 9.19. The minimum Gasteiger partial charge on any atom is -0.490 e. The van der Waals surface area contributed by atoms with Gasteiger partial charge in [0.2, 0.25) is 0 Å². The van der Waals surface area contributed by atoms with Crippen LogP contribution in [-0.4, -0.2) is 12.4 Å². The predicted octanol–water partition coefficient (Wildman–Crippen LogP) is 2.77. The van der Waals surface area contributed by atoms with Gasteiger partial charge in [0.1, 0.15) is 18.1 Å². The van der Waals surface area contributed by atoms with Crippen molar-refractivity contribution in [2.75, 3.05) is 6.61 Å². The highest BCUT2D eigenvalue weighted by Crippen LogP contribution is 2.12. The number of carbonyl (C=O) groups is 1. The molecule has 0 bridgehead atoms. The Morgan fingerprint density at radius 3 is 2.53 bits per heavy atom. The molecule has 0 saturated carbocycles. The van der Waals surface area contributed by atoms with Crippen LogP contribution < -0.4 is 4.74 Å². The molecular weight excluding hydrogens is 188 g/mol. The van der Waals surface area contributed by atoms with Gasteiger partial charge in [-0.2, -0.15) is 0 Å². The lowest BCUT2D eigenvalue weighted by atomic mass is 10.1. The summed E-state index contributed by atoms with van der Waals surface area (Å²) in [5, 5.41) is 0. The molecule has 2 nitrogen and oxygen atoms in total. The molecule has 1 rings (SSSR count). The van der Waals surface area contributed by atoms with E-state index in [2.05, 4.69) is 0 Å². The number of benzene rings is 1. The van der Waals surface area contributed by atoms with Crippen molar-refractivity contribution in [2.45, 2.75) is 20.3 Å². The summed E-state index contributed by atoms with van der Waals surface area (Å²) < 4.78 is 5.43. The molecule has 0 N–H and O–H groups in total. The van der Waals surface area contributed by atoms with Gasteiger partial charge >= 0.3 is 0 Å². The number of allylic oxidation sites excluding steroid dienone is 1. The zero-order valence-electron chi connectivity index (χ0n) is 9.19. The summed E-state index contributed by atoms with van der Waals surface area (Å²) in [6.45, 7) is 4.14. The Hall–Kier alpha value is -1.57. The normalized spacial score (nSPS) is 10.5. The van der Waals surface area contributed by atoms with Crippen LogP contribution in [0.2, 0.25) is 0 Å². The van der Waals surface area contributed by atoms with Crippen molar-refractivity contribution in [3.05, 3.63) is 42.0 Å². The summed E-state index contributed by atoms with van der Waals surface area (Å²) in [5.74, 6) is 1.01. The number of rotatable bonds is 5. The van der Waals surface area contributed by atoms with Crippen molar-refractivity contribution < 1.29 is 9.53 Å². The lowest BCUT2D eigenvalue weighted by Gasteiger charge is -2.03. The largest absolute Gasteiger partial charge is 0.490 e. The van der Waals surface area contributed by atoms with E-state index in [1.165, 1.54) is 0 Å². The maximum Gasteiger partial charge on any atom is 0.134 e. The first-order valence-corrected chi connectivity index (χ1v) is 5.04. The van der Waals surface area contributed by atoms with Gasteiger partial charge in [-0.25, -0.2) is 0 Å². The molecule has 0 heterocycles. The van der Waals surface area contributed by atoms with Crippen molar-refractivity contribution in [2.24, 2.45) is 0 Å². The first-order valence-electron chi connectivity index (χ1n) is 5.04. The van der Waals surface area contributed by atoms with Crippen molar-refractivity contribution in [1.82, 2.24) is 0 Å². The summed E-state index contributed by atoms with van der Waals surface area (Å²) in [4.78, 5) is 10.9. The molecule has 0 aliphatic carbocycles. The molecule has 0 spiro atoms. The SMILES string of the molecule is C/C=C/COc1ccc(CC(C)=O)cc1. The molecule has 0 saturated heterocycles. The third-order valence-electron chi connectivity index (χ3n) is 1.96. The molecule has 0 atom stereocenters. The second kappa shape index (κ2) is 6.02. The third-order valence-corrected chi connectivity index (χ3v) is 1.96. The molecule has 0 radical (unpaired) electrons. The van der Waals surface area contributed by atoms with E-state index in [4.69, 9.17) is 4.74 Å². The standard InChI is InChI=1S/C13H16O2/c1-3-4-9-15-13-7-5-12(6-8-13)10-11(2)14/h3-8H,9-10H2,1-2H3/b4-3+. The second-order valence-corrected chi connectivity index (χ2v) is 3.40. The molecule has 80 valence electrons. The number of carbonyl (C=O) groups excluding carboxylic acids is 1. The first-order chi connectivity index (χ1) is 7.22. The Balaban J connectivity index is 2.52. The summed E-state index contributed by atoms with van der Waals surface area (Å²) in [6, 6.07) is 7.63. The van der Waals surface area contributed by atoms with Crippen LogP contribution in [-0.2, 0) is 11.2 Å². The Kier molecular flexibility index (Phi) is 4.61. The van der Waals surface area contributed by atoms with Gasteiger partial charge in [0.15, 0.2) is 0 Å². The molecule has 1 aromatic rings. The first kappa shape index (κ1) is 11.5. The van der Waals surface area contributed by atoms with Gasteiger partial charge < -0.3 is 4.74 Å². The summed E-state index contributed by atoms with van der Waals surface area (Å²) in [6.07, 6.45) is 4.39.